The largest absolute Gasteiger partial charge is 0.379 e. The number of nitrogens with zero attached hydrogens (tertiary/aromatic N) is 1. The van der Waals surface area contributed by atoms with Gasteiger partial charge in [-0.1, -0.05) is 0 Å². The molecule has 0 aromatic carbocycles. The number of hydrogen-bond donors (Lipinski definition) is 1. The molecule has 2 heterocycles. The van der Waals surface area contributed by atoms with Gasteiger partial charge in [0.05, 0.1) is 17.1 Å². The zero-order valence-electron chi connectivity index (χ0n) is 8.09. The minimum absolute atomic E-state index is 0.403. The zero-order chi connectivity index (χ0) is 9.97. The maximum Gasteiger partial charge on any atom is 0.140 e. The maximum absolute atomic E-state index is 5.29. The Hall–Kier alpha value is -0.610. The Bertz CT molecular complexity index is 324. The smallest absolute Gasteiger partial charge is 0.140 e. The first-order valence-corrected chi connectivity index (χ1v) is 5.52. The van der Waals surface area contributed by atoms with Crippen molar-refractivity contribution in [1.29, 1.82) is 0 Å². The Balaban J connectivity index is 2.11. The Labute approximate surface area is 92.0 Å². The molecule has 0 spiro atoms. The lowest BCUT2D eigenvalue weighted by molar-refractivity contribution is 0.195. The predicted molar refractivity (Wildman–Crippen MR) is 59.5 cm³/mol. The molecule has 3 nitrogen and oxygen atoms in total. The van der Waals surface area contributed by atoms with Gasteiger partial charge in [-0.25, -0.2) is 4.98 Å². The summed E-state index contributed by atoms with van der Waals surface area (Å²) < 4.78 is 6.34. The van der Waals surface area contributed by atoms with Crippen molar-refractivity contribution < 1.29 is 4.74 Å². The molecule has 2 rings (SSSR count). The molecule has 1 aromatic rings. The number of aryl methyl sites for hydroxylation is 1. The average molecular weight is 257 g/mol. The van der Waals surface area contributed by atoms with Crippen LogP contribution < -0.4 is 5.32 Å². The van der Waals surface area contributed by atoms with Crippen molar-refractivity contribution in [2.75, 3.05) is 18.5 Å². The van der Waals surface area contributed by atoms with Crippen LogP contribution in [-0.2, 0) is 4.74 Å². The number of anilines is 1. The van der Waals surface area contributed by atoms with Crippen molar-refractivity contribution in [3.63, 3.8) is 0 Å². The highest BCUT2D eigenvalue weighted by Crippen LogP contribution is 2.24. The molecule has 1 fully saturated rings. The summed E-state index contributed by atoms with van der Waals surface area (Å²) in [5.41, 5.74) is 1.20. The van der Waals surface area contributed by atoms with Gasteiger partial charge in [0.1, 0.15) is 5.82 Å². The quantitative estimate of drug-likeness (QED) is 0.883. The normalized spacial score (nSPS) is 21.1. The summed E-state index contributed by atoms with van der Waals surface area (Å²) in [7, 11) is 0. The van der Waals surface area contributed by atoms with Crippen LogP contribution in [0.2, 0.25) is 0 Å². The molecule has 0 aliphatic carbocycles. The van der Waals surface area contributed by atoms with E-state index < -0.39 is 0 Å². The number of ether oxygens (including phenoxy) is 1. The van der Waals surface area contributed by atoms with E-state index in [1.165, 1.54) is 5.56 Å². The molecule has 1 N–H and O–H groups in total. The standard InChI is InChI=1S/C10H13BrN2O/c1-7-2-4-12-10(9(7)11)13-8-3-5-14-6-8/h2,4,8H,3,5-6H2,1H3,(H,12,13). The highest BCUT2D eigenvalue weighted by atomic mass is 79.9. The molecule has 1 aliphatic heterocycles. The number of pyridine rings is 1. The average Bonchev–Trinajstić information content (AvgIpc) is 2.66. The van der Waals surface area contributed by atoms with Crippen molar-refractivity contribution in [2.24, 2.45) is 0 Å². The second-order valence-electron chi connectivity index (χ2n) is 3.50. The van der Waals surface area contributed by atoms with Crippen LogP contribution in [0.5, 0.6) is 0 Å². The fourth-order valence-electron chi connectivity index (χ4n) is 1.48. The van der Waals surface area contributed by atoms with Crippen LogP contribution in [0.3, 0.4) is 0 Å². The molecular weight excluding hydrogens is 244 g/mol. The van der Waals surface area contributed by atoms with Gasteiger partial charge in [0, 0.05) is 12.8 Å². The summed E-state index contributed by atoms with van der Waals surface area (Å²) in [5.74, 6) is 0.917. The fourth-order valence-corrected chi connectivity index (χ4v) is 1.83. The van der Waals surface area contributed by atoms with Gasteiger partial charge < -0.3 is 10.1 Å². The first kappa shape index (κ1) is 9.93. The van der Waals surface area contributed by atoms with E-state index in [-0.39, 0.29) is 0 Å². The molecule has 14 heavy (non-hydrogen) atoms. The van der Waals surface area contributed by atoms with Crippen LogP contribution in [0.1, 0.15) is 12.0 Å². The van der Waals surface area contributed by atoms with E-state index in [1.807, 2.05) is 12.3 Å². The molecule has 1 aromatic heterocycles. The van der Waals surface area contributed by atoms with E-state index in [0.29, 0.717) is 6.04 Å². The third kappa shape index (κ3) is 2.07. The SMILES string of the molecule is Cc1ccnc(NC2CCOC2)c1Br. The van der Waals surface area contributed by atoms with Gasteiger partial charge in [-0.2, -0.15) is 0 Å². The van der Waals surface area contributed by atoms with Crippen molar-refractivity contribution in [2.45, 2.75) is 19.4 Å². The molecule has 4 heteroatoms. The molecular formula is C10H13BrN2O. The third-order valence-corrected chi connectivity index (χ3v) is 3.35. The van der Waals surface area contributed by atoms with Crippen molar-refractivity contribution in [3.8, 4) is 0 Å². The summed E-state index contributed by atoms with van der Waals surface area (Å²) in [6, 6.07) is 2.39. The Morgan fingerprint density at radius 3 is 3.21 bits per heavy atom. The molecule has 0 saturated carbocycles. The summed E-state index contributed by atoms with van der Waals surface area (Å²) in [6.45, 7) is 3.69. The second kappa shape index (κ2) is 4.28. The van der Waals surface area contributed by atoms with E-state index in [1.54, 1.807) is 0 Å². The van der Waals surface area contributed by atoms with Crippen molar-refractivity contribution in [1.82, 2.24) is 4.98 Å². The second-order valence-corrected chi connectivity index (χ2v) is 4.29. The predicted octanol–water partition coefficient (Wildman–Crippen LogP) is 2.35. The molecule has 0 radical (unpaired) electrons. The van der Waals surface area contributed by atoms with Gasteiger partial charge in [-0.15, -0.1) is 0 Å². The van der Waals surface area contributed by atoms with Crippen LogP contribution in [-0.4, -0.2) is 24.2 Å². The lowest BCUT2D eigenvalue weighted by Gasteiger charge is -2.13. The third-order valence-electron chi connectivity index (χ3n) is 2.35. The van der Waals surface area contributed by atoms with Crippen LogP contribution in [0, 0.1) is 6.92 Å². The van der Waals surface area contributed by atoms with Gasteiger partial charge >= 0.3 is 0 Å². The summed E-state index contributed by atoms with van der Waals surface area (Å²) in [5, 5.41) is 3.37. The highest BCUT2D eigenvalue weighted by Gasteiger charge is 2.16. The highest BCUT2D eigenvalue weighted by molar-refractivity contribution is 9.10. The molecule has 1 aliphatic rings. The molecule has 0 amide bonds. The Kier molecular flexibility index (Phi) is 3.03. The topological polar surface area (TPSA) is 34.2 Å². The molecule has 76 valence electrons. The van der Waals surface area contributed by atoms with E-state index in [4.69, 9.17) is 4.74 Å². The van der Waals surface area contributed by atoms with Gasteiger partial charge in [0.2, 0.25) is 0 Å². The summed E-state index contributed by atoms with van der Waals surface area (Å²) >= 11 is 3.52. The molecule has 1 atom stereocenters. The maximum atomic E-state index is 5.29. The van der Waals surface area contributed by atoms with Crippen molar-refractivity contribution >= 4 is 21.7 Å². The molecule has 0 bridgehead atoms. The lowest BCUT2D eigenvalue weighted by Crippen LogP contribution is -2.20. The number of nitrogens with one attached hydrogen (secondary N) is 1. The zero-order valence-corrected chi connectivity index (χ0v) is 9.67. The first-order valence-electron chi connectivity index (χ1n) is 4.73. The number of hydrogen-bond acceptors (Lipinski definition) is 3. The van der Waals surface area contributed by atoms with Gasteiger partial charge in [-0.3, -0.25) is 0 Å². The van der Waals surface area contributed by atoms with Gasteiger partial charge in [-0.05, 0) is 40.9 Å². The van der Waals surface area contributed by atoms with Crippen LogP contribution in [0.4, 0.5) is 5.82 Å². The minimum atomic E-state index is 0.403. The van der Waals surface area contributed by atoms with Crippen LogP contribution >= 0.6 is 15.9 Å². The summed E-state index contributed by atoms with van der Waals surface area (Å²) in [6.07, 6.45) is 2.88. The molecule has 1 unspecified atom stereocenters. The van der Waals surface area contributed by atoms with E-state index in [0.717, 1.165) is 29.9 Å². The number of rotatable bonds is 2. The lowest BCUT2D eigenvalue weighted by atomic mass is 10.2. The molecule has 1 saturated heterocycles. The van der Waals surface area contributed by atoms with Crippen molar-refractivity contribution in [3.05, 3.63) is 22.3 Å². The van der Waals surface area contributed by atoms with E-state index in [9.17, 15) is 0 Å². The number of halogens is 1. The van der Waals surface area contributed by atoms with Crippen LogP contribution in [0.15, 0.2) is 16.7 Å². The minimum Gasteiger partial charge on any atom is -0.379 e. The summed E-state index contributed by atoms with van der Waals surface area (Å²) in [4.78, 5) is 4.29. The Morgan fingerprint density at radius 1 is 1.64 bits per heavy atom. The van der Waals surface area contributed by atoms with Gasteiger partial charge in [0.15, 0.2) is 0 Å². The van der Waals surface area contributed by atoms with Crippen LogP contribution in [0.25, 0.3) is 0 Å². The Morgan fingerprint density at radius 2 is 2.50 bits per heavy atom. The monoisotopic (exact) mass is 256 g/mol. The first-order chi connectivity index (χ1) is 6.77. The van der Waals surface area contributed by atoms with E-state index in [2.05, 4.69) is 33.2 Å². The van der Waals surface area contributed by atoms with E-state index >= 15 is 0 Å². The number of aromatic nitrogens is 1. The van der Waals surface area contributed by atoms with Gasteiger partial charge in [0.25, 0.3) is 0 Å². The fraction of sp³-hybridized carbons (Fsp3) is 0.500.